The Labute approximate surface area is 836 Å². The predicted molar refractivity (Wildman–Crippen MR) is 591 cm³/mol. The molecule has 0 spiro atoms. The van der Waals surface area contributed by atoms with E-state index in [9.17, 15) is 0 Å². The maximum atomic E-state index is 6.24. The first-order chi connectivity index (χ1) is 67.1. The van der Waals surface area contributed by atoms with Crippen LogP contribution in [0.1, 0.15) is 148 Å². The van der Waals surface area contributed by atoms with Crippen molar-refractivity contribution in [1.29, 1.82) is 0 Å². The second-order valence-corrected chi connectivity index (χ2v) is 38.9. The molecule has 8 heterocycles. The van der Waals surface area contributed by atoms with Gasteiger partial charge in [-0.25, -0.2) is 39.9 Å². The topological polar surface area (TPSA) is 253 Å². The number of imidazole rings is 4. The third kappa shape index (κ3) is 28.1. The van der Waals surface area contributed by atoms with Crippen LogP contribution in [-0.2, 0) is 51.9 Å². The van der Waals surface area contributed by atoms with Gasteiger partial charge in [0.15, 0.2) is 0 Å². The number of thioether (sulfide) groups is 1. The number of nitrogens with two attached hydrogens (primary N) is 4. The van der Waals surface area contributed by atoms with Crippen LogP contribution >= 0.6 is 57.1 Å². The molecule has 0 radical (unpaired) electrons. The SMILES string of the molecule is CCN(CC)CCn1c(Cc2ccc(N(C)C)cc2)nc2cc(N=C(N)c3cccs3)ccc21.CCN(CC)CCn1c(Cc2ccc(N(CC)CC)cc2)nc2cc(N=C(N)c3cccs3)ccc21.CCN(CC)CCn1c(Cc2ccc(OC(C)C)cc2)nc2cc(N=C(N)c3cccs3)ccc21.CCN(CC)CCn1c(Cc2ccc(SC)cc2)nc2cc(N=C(N)c3cccs3)ccc21. The minimum absolute atomic E-state index is 0.163. The first kappa shape index (κ1) is 103. The number of nitrogens with zero attached hydrogens (tertiary/aromatic N) is 18. The molecule has 724 valence electrons. The fraction of sp³-hybridized carbons (Fsp3) is 0.345. The normalized spacial score (nSPS) is 12.1. The standard InChI is InChI=1S/C29H38N6S.C28H35N5OS.C27H34N6S.C26H31N5S2/c1-5-33(6-2)17-18-35-26-16-13-23(31-29(30)27-10-9-19-36-27)21-25(26)32-28(35)20-22-11-14-24(15-12-22)34(7-3)8-4;1-5-32(6-2)15-16-33-25-14-11-22(30-28(29)26-8-7-17-35-26)19-24(25)31-27(33)18-21-9-12-23(13-10-21)34-20(3)4;1-5-32(6-2)15-16-33-24-14-11-21(29-27(28)25-8-7-17-34-25)19-23(24)30-26(33)18-20-9-12-22(13-10-20)31(3)4;1-4-30(5-2)14-15-31-23-13-10-20(28-26(27)24-7-6-16-33-24)18-22(23)29-25(31)17-19-8-11-21(32-3)12-9-19/h9-16,19,21H,5-8,17-18,20H2,1-4H3,(H2,30,31);7-14,17,19-20H,5-6,15-16,18H2,1-4H3,(H2,29,30);7-14,17,19H,5-6,15-16,18H2,1-4H3,(H2,28,29);6-13,16,18H,4-5,14-15,17H2,1-3H3,(H2,27,28). The van der Waals surface area contributed by atoms with Crippen molar-refractivity contribution in [2.75, 3.05) is 122 Å². The molecule has 0 saturated carbocycles. The van der Waals surface area contributed by atoms with Crippen LogP contribution < -0.4 is 37.5 Å². The number of aliphatic imine (C=N–C) groups is 4. The molecule has 0 saturated heterocycles. The highest BCUT2D eigenvalue weighted by atomic mass is 32.2. The van der Waals surface area contributed by atoms with Gasteiger partial charge in [0.2, 0.25) is 0 Å². The Bertz CT molecular complexity index is 6550. The lowest BCUT2D eigenvalue weighted by molar-refractivity contribution is 0.242. The first-order valence-corrected chi connectivity index (χ1v) is 53.2. The lowest BCUT2D eigenvalue weighted by Crippen LogP contribution is -2.27. The lowest BCUT2D eigenvalue weighted by atomic mass is 10.1. The van der Waals surface area contributed by atoms with Gasteiger partial charge in [-0.15, -0.1) is 57.1 Å². The van der Waals surface area contributed by atoms with Gasteiger partial charge in [-0.2, -0.15) is 0 Å². The van der Waals surface area contributed by atoms with E-state index in [0.29, 0.717) is 23.3 Å². The molecule has 138 heavy (non-hydrogen) atoms. The number of aromatic nitrogens is 8. The highest BCUT2D eigenvalue weighted by Gasteiger charge is 2.21. The van der Waals surface area contributed by atoms with E-state index in [-0.39, 0.29) is 6.10 Å². The summed E-state index contributed by atoms with van der Waals surface area (Å²) in [5.41, 5.74) is 44.1. The Balaban J connectivity index is 0.000000155. The fourth-order valence-electron chi connectivity index (χ4n) is 16.8. The van der Waals surface area contributed by atoms with Gasteiger partial charge in [0, 0.05) is 121 Å². The van der Waals surface area contributed by atoms with E-state index >= 15 is 0 Å². The summed E-state index contributed by atoms with van der Waals surface area (Å²) in [6.07, 6.45) is 5.41. The van der Waals surface area contributed by atoms with Gasteiger partial charge < -0.3 is 75.3 Å². The molecule has 0 atom stereocenters. The maximum absolute atomic E-state index is 6.24. The molecule has 0 fully saturated rings. The summed E-state index contributed by atoms with van der Waals surface area (Å²) in [5, 5.41) is 8.04. The van der Waals surface area contributed by atoms with E-state index in [0.717, 1.165) is 259 Å². The summed E-state index contributed by atoms with van der Waals surface area (Å²) in [4.78, 5) is 58.3. The quantitative estimate of drug-likeness (QED) is 0.0157. The summed E-state index contributed by atoms with van der Waals surface area (Å²) in [5.74, 6) is 7.34. The summed E-state index contributed by atoms with van der Waals surface area (Å²) in [6.45, 7) is 44.2. The van der Waals surface area contributed by atoms with Crippen LogP contribution in [-0.4, -0.2) is 199 Å². The largest absolute Gasteiger partial charge is 0.491 e. The Hall–Kier alpha value is -12.1. The molecule has 0 aliphatic rings. The monoisotopic (exact) mass is 1940 g/mol. The zero-order valence-corrected chi connectivity index (χ0v) is 87.1. The summed E-state index contributed by atoms with van der Waals surface area (Å²) in [7, 11) is 4.12. The predicted octanol–water partition coefficient (Wildman–Crippen LogP) is 22.7. The third-order valence-corrected chi connectivity index (χ3v) is 29.2. The van der Waals surface area contributed by atoms with E-state index in [1.165, 1.54) is 38.5 Å². The zero-order chi connectivity index (χ0) is 97.6. The third-order valence-electron chi connectivity index (χ3n) is 24.9. The fourth-order valence-corrected chi connectivity index (χ4v) is 19.8. The smallest absolute Gasteiger partial charge is 0.141 e. The van der Waals surface area contributed by atoms with Gasteiger partial charge in [0.1, 0.15) is 52.4 Å². The van der Waals surface area contributed by atoms with Crippen LogP contribution in [0.4, 0.5) is 34.1 Å². The first-order valence-electron chi connectivity index (χ1n) is 48.5. The highest BCUT2D eigenvalue weighted by molar-refractivity contribution is 7.98. The maximum Gasteiger partial charge on any atom is 0.141 e. The van der Waals surface area contributed by atoms with Crippen molar-refractivity contribution in [3.05, 3.63) is 305 Å². The van der Waals surface area contributed by atoms with Gasteiger partial charge in [0.05, 0.1) is 92.5 Å². The van der Waals surface area contributed by atoms with Crippen LogP contribution in [0.3, 0.4) is 0 Å². The average molecular weight is 1940 g/mol. The number of anilines is 2. The molecule has 0 unspecified atom stereocenters. The van der Waals surface area contributed by atoms with Crippen molar-refractivity contribution in [2.24, 2.45) is 42.9 Å². The number of rotatable bonds is 43. The molecular weight excluding hydrogens is 1810 g/mol. The summed E-state index contributed by atoms with van der Waals surface area (Å²) in [6, 6.07) is 75.5. The molecule has 23 nitrogen and oxygen atoms in total. The average Bonchev–Trinajstić information content (AvgIpc) is 1.65. The van der Waals surface area contributed by atoms with Crippen molar-refractivity contribution < 1.29 is 4.74 Å². The van der Waals surface area contributed by atoms with Crippen LogP contribution in [0.25, 0.3) is 44.1 Å². The highest BCUT2D eigenvalue weighted by Crippen LogP contribution is 2.33. The van der Waals surface area contributed by atoms with E-state index in [1.54, 1.807) is 57.1 Å². The Morgan fingerprint density at radius 1 is 0.341 bits per heavy atom. The Morgan fingerprint density at radius 3 is 0.833 bits per heavy atom. The molecule has 16 aromatic rings. The van der Waals surface area contributed by atoms with Crippen molar-refractivity contribution in [1.82, 2.24) is 57.8 Å². The van der Waals surface area contributed by atoms with E-state index in [1.807, 2.05) is 138 Å². The molecule has 0 amide bonds. The van der Waals surface area contributed by atoms with Crippen molar-refractivity contribution in [2.45, 2.75) is 146 Å². The van der Waals surface area contributed by atoms with Gasteiger partial charge in [-0.05, 0) is 276 Å². The van der Waals surface area contributed by atoms with Gasteiger partial charge in [-0.3, -0.25) is 0 Å². The second-order valence-electron chi connectivity index (χ2n) is 34.2. The molecule has 8 N–H and O–H groups in total. The second kappa shape index (κ2) is 51.5. The van der Waals surface area contributed by atoms with Crippen molar-refractivity contribution in [3.63, 3.8) is 0 Å². The number of hydrogen-bond donors (Lipinski definition) is 4. The molecule has 0 bridgehead atoms. The number of hydrogen-bond acceptors (Lipinski definition) is 20. The molecule has 8 aromatic carbocycles. The van der Waals surface area contributed by atoms with Gasteiger partial charge >= 0.3 is 0 Å². The molecule has 8 aromatic heterocycles. The number of fused-ring (bicyclic) bond motifs is 4. The molecular formula is C110H138N22OS5. The number of amidine groups is 4. The van der Waals surface area contributed by atoms with E-state index in [2.05, 4.69) is 272 Å². The van der Waals surface area contributed by atoms with Crippen molar-refractivity contribution in [3.8, 4) is 5.75 Å². The van der Waals surface area contributed by atoms with Gasteiger partial charge in [-0.1, -0.05) is 128 Å². The summed E-state index contributed by atoms with van der Waals surface area (Å²) >= 11 is 8.14. The molecule has 16 rings (SSSR count). The van der Waals surface area contributed by atoms with E-state index < -0.39 is 0 Å². The lowest BCUT2D eigenvalue weighted by Gasteiger charge is -2.21. The van der Waals surface area contributed by atoms with Crippen molar-refractivity contribution >= 4 is 159 Å². The van der Waals surface area contributed by atoms with Crippen LogP contribution in [0.15, 0.2) is 265 Å². The number of benzene rings is 8. The van der Waals surface area contributed by atoms with Crippen LogP contribution in [0, 0.1) is 0 Å². The number of thiophene rings is 4. The minimum atomic E-state index is 0.163. The Morgan fingerprint density at radius 2 is 0.601 bits per heavy atom. The van der Waals surface area contributed by atoms with E-state index in [4.69, 9.17) is 47.6 Å². The Kier molecular flexibility index (Phi) is 38.6. The number of likely N-dealkylation sites (N-methyl/N-ethyl adjacent to an activating group) is 4. The van der Waals surface area contributed by atoms with Crippen LogP contribution in [0.2, 0.25) is 0 Å². The molecule has 0 aliphatic heterocycles. The van der Waals surface area contributed by atoms with Gasteiger partial charge in [0.25, 0.3) is 0 Å². The summed E-state index contributed by atoms with van der Waals surface area (Å²) < 4.78 is 15.3. The molecule has 28 heteroatoms. The van der Waals surface area contributed by atoms with Crippen LogP contribution in [0.5, 0.6) is 5.75 Å². The number of ether oxygens (including phenoxy) is 1. The molecule has 0 aliphatic carbocycles. The zero-order valence-electron chi connectivity index (χ0n) is 83.0. The minimum Gasteiger partial charge on any atom is -0.491 e.